The molecule has 3 rings (SSSR count). The number of ether oxygens (including phenoxy) is 1. The lowest BCUT2D eigenvalue weighted by Gasteiger charge is -2.14. The summed E-state index contributed by atoms with van der Waals surface area (Å²) in [4.78, 5) is 4.42. The molecule has 1 aromatic carbocycles. The van der Waals surface area contributed by atoms with Gasteiger partial charge in [-0.3, -0.25) is 0 Å². The van der Waals surface area contributed by atoms with Crippen molar-refractivity contribution in [2.75, 3.05) is 25.4 Å². The van der Waals surface area contributed by atoms with Gasteiger partial charge in [0.15, 0.2) is 5.82 Å². The standard InChI is InChI=1S/C18H25N3O4S/c1-2-12-26(22,23)21-10-8-16(13-21)18-19-17(20-25-18)9-11-24-14-15-6-4-3-5-7-15/h3-7,16H,2,8-14H2,1H3. The van der Waals surface area contributed by atoms with Crippen molar-refractivity contribution in [3.05, 3.63) is 47.6 Å². The van der Waals surface area contributed by atoms with Gasteiger partial charge in [0.2, 0.25) is 15.9 Å². The first-order valence-electron chi connectivity index (χ1n) is 9.00. The van der Waals surface area contributed by atoms with Gasteiger partial charge in [-0.05, 0) is 18.4 Å². The minimum Gasteiger partial charge on any atom is -0.376 e. The molecule has 142 valence electrons. The Kier molecular flexibility index (Phi) is 6.39. The fourth-order valence-corrected chi connectivity index (χ4v) is 4.60. The number of hydrogen-bond acceptors (Lipinski definition) is 6. The minimum absolute atomic E-state index is 0.0203. The number of aromatic nitrogens is 2. The van der Waals surface area contributed by atoms with Crippen LogP contribution in [0.15, 0.2) is 34.9 Å². The van der Waals surface area contributed by atoms with E-state index < -0.39 is 10.0 Å². The molecule has 1 aliphatic rings. The molecular weight excluding hydrogens is 354 g/mol. The van der Waals surface area contributed by atoms with E-state index in [1.807, 2.05) is 37.3 Å². The molecule has 0 amide bonds. The third-order valence-electron chi connectivity index (χ3n) is 4.42. The van der Waals surface area contributed by atoms with Crippen LogP contribution in [0, 0.1) is 0 Å². The Morgan fingerprint density at radius 2 is 2.12 bits per heavy atom. The van der Waals surface area contributed by atoms with Crippen LogP contribution in [0.3, 0.4) is 0 Å². The van der Waals surface area contributed by atoms with Crippen LogP contribution in [0.4, 0.5) is 0 Å². The van der Waals surface area contributed by atoms with Crippen molar-refractivity contribution in [3.8, 4) is 0 Å². The molecule has 0 bridgehead atoms. The number of sulfonamides is 1. The van der Waals surface area contributed by atoms with Crippen LogP contribution in [0.1, 0.15) is 43.0 Å². The maximum Gasteiger partial charge on any atom is 0.231 e. The van der Waals surface area contributed by atoms with Gasteiger partial charge in [-0.15, -0.1) is 0 Å². The zero-order valence-electron chi connectivity index (χ0n) is 15.0. The van der Waals surface area contributed by atoms with E-state index in [-0.39, 0.29) is 11.7 Å². The van der Waals surface area contributed by atoms with Crippen LogP contribution in [-0.4, -0.2) is 48.3 Å². The summed E-state index contributed by atoms with van der Waals surface area (Å²) in [5, 5.41) is 3.99. The van der Waals surface area contributed by atoms with Gasteiger partial charge in [-0.25, -0.2) is 12.7 Å². The Hall–Kier alpha value is -1.77. The molecule has 1 fully saturated rings. The van der Waals surface area contributed by atoms with E-state index in [0.29, 0.717) is 50.9 Å². The van der Waals surface area contributed by atoms with E-state index in [0.717, 1.165) is 12.0 Å². The first kappa shape index (κ1) is 19.0. The summed E-state index contributed by atoms with van der Waals surface area (Å²) < 4.78 is 36.8. The van der Waals surface area contributed by atoms with Crippen molar-refractivity contribution in [2.24, 2.45) is 0 Å². The molecule has 1 atom stereocenters. The first-order chi connectivity index (χ1) is 12.6. The van der Waals surface area contributed by atoms with Crippen molar-refractivity contribution in [2.45, 2.75) is 38.7 Å². The summed E-state index contributed by atoms with van der Waals surface area (Å²) in [5.41, 5.74) is 1.13. The smallest absolute Gasteiger partial charge is 0.231 e. The third kappa shape index (κ3) is 4.90. The van der Waals surface area contributed by atoms with Crippen LogP contribution in [0.5, 0.6) is 0 Å². The second-order valence-electron chi connectivity index (χ2n) is 6.50. The fourth-order valence-electron chi connectivity index (χ4n) is 3.03. The van der Waals surface area contributed by atoms with Gasteiger partial charge in [0.05, 0.1) is 24.9 Å². The largest absolute Gasteiger partial charge is 0.376 e. The van der Waals surface area contributed by atoms with Crippen LogP contribution in [0.2, 0.25) is 0 Å². The summed E-state index contributed by atoms with van der Waals surface area (Å²) >= 11 is 0. The van der Waals surface area contributed by atoms with Gasteiger partial charge < -0.3 is 9.26 Å². The van der Waals surface area contributed by atoms with Gasteiger partial charge >= 0.3 is 0 Å². The van der Waals surface area contributed by atoms with Gasteiger partial charge in [-0.2, -0.15) is 4.98 Å². The van der Waals surface area contributed by atoms with Crippen molar-refractivity contribution >= 4 is 10.0 Å². The molecule has 0 aliphatic carbocycles. The molecule has 26 heavy (non-hydrogen) atoms. The van der Waals surface area contributed by atoms with E-state index in [1.165, 1.54) is 4.31 Å². The predicted octanol–water partition coefficient (Wildman–Crippen LogP) is 2.36. The van der Waals surface area contributed by atoms with Crippen LogP contribution >= 0.6 is 0 Å². The van der Waals surface area contributed by atoms with E-state index in [1.54, 1.807) is 0 Å². The summed E-state index contributed by atoms with van der Waals surface area (Å²) in [6, 6.07) is 9.98. The maximum absolute atomic E-state index is 12.1. The van der Waals surface area contributed by atoms with Gasteiger partial charge in [0, 0.05) is 19.5 Å². The third-order valence-corrected chi connectivity index (χ3v) is 6.46. The second-order valence-corrected chi connectivity index (χ2v) is 8.59. The zero-order chi connectivity index (χ0) is 18.4. The van der Waals surface area contributed by atoms with Gasteiger partial charge in [0.1, 0.15) is 0 Å². The Bertz CT molecular complexity index is 792. The highest BCUT2D eigenvalue weighted by atomic mass is 32.2. The summed E-state index contributed by atoms with van der Waals surface area (Å²) in [6.45, 7) is 3.88. The highest BCUT2D eigenvalue weighted by Gasteiger charge is 2.34. The van der Waals surface area contributed by atoms with Crippen LogP contribution in [-0.2, 0) is 27.8 Å². The molecule has 1 unspecified atom stereocenters. The lowest BCUT2D eigenvalue weighted by atomic mass is 10.1. The minimum atomic E-state index is -3.16. The lowest BCUT2D eigenvalue weighted by Crippen LogP contribution is -2.30. The topological polar surface area (TPSA) is 85.5 Å². The summed E-state index contributed by atoms with van der Waals surface area (Å²) in [7, 11) is -3.16. The second kappa shape index (κ2) is 8.75. The fraction of sp³-hybridized carbons (Fsp3) is 0.556. The molecule has 2 aromatic rings. The van der Waals surface area contributed by atoms with Crippen LogP contribution in [0.25, 0.3) is 0 Å². The van der Waals surface area contributed by atoms with E-state index in [2.05, 4.69) is 10.1 Å². The van der Waals surface area contributed by atoms with Crippen molar-refractivity contribution in [1.82, 2.24) is 14.4 Å². The average Bonchev–Trinajstić information content (AvgIpc) is 3.29. The Balaban J connectivity index is 1.46. The molecule has 1 aliphatic heterocycles. The van der Waals surface area contributed by atoms with Crippen LogP contribution < -0.4 is 0 Å². The average molecular weight is 379 g/mol. The van der Waals surface area contributed by atoms with Crippen molar-refractivity contribution in [1.29, 1.82) is 0 Å². The molecule has 0 radical (unpaired) electrons. The van der Waals surface area contributed by atoms with E-state index in [4.69, 9.17) is 9.26 Å². The van der Waals surface area contributed by atoms with Gasteiger partial charge in [-0.1, -0.05) is 42.4 Å². The number of hydrogen-bond donors (Lipinski definition) is 0. The Labute approximate surface area is 154 Å². The SMILES string of the molecule is CCCS(=O)(=O)N1CCC(c2nc(CCOCc3ccccc3)no2)C1. The molecular formula is C18H25N3O4S. The molecule has 0 spiro atoms. The monoisotopic (exact) mass is 379 g/mol. The van der Waals surface area contributed by atoms with Crippen molar-refractivity contribution < 1.29 is 17.7 Å². The number of benzene rings is 1. The normalized spacial score (nSPS) is 18.4. The molecule has 1 saturated heterocycles. The first-order valence-corrected chi connectivity index (χ1v) is 10.6. The number of rotatable bonds is 9. The Morgan fingerprint density at radius 1 is 1.31 bits per heavy atom. The molecule has 0 N–H and O–H groups in total. The number of nitrogens with zero attached hydrogens (tertiary/aromatic N) is 3. The molecule has 7 nitrogen and oxygen atoms in total. The maximum atomic E-state index is 12.1. The van der Waals surface area contributed by atoms with E-state index >= 15 is 0 Å². The molecule has 2 heterocycles. The molecule has 8 heteroatoms. The highest BCUT2D eigenvalue weighted by molar-refractivity contribution is 7.89. The molecule has 1 aromatic heterocycles. The summed E-state index contributed by atoms with van der Waals surface area (Å²) in [5.74, 6) is 1.29. The molecule has 0 saturated carbocycles. The Morgan fingerprint density at radius 3 is 2.88 bits per heavy atom. The lowest BCUT2D eigenvalue weighted by molar-refractivity contribution is 0.122. The quantitative estimate of drug-likeness (QED) is 0.622. The van der Waals surface area contributed by atoms with E-state index in [9.17, 15) is 8.42 Å². The zero-order valence-corrected chi connectivity index (χ0v) is 15.8. The van der Waals surface area contributed by atoms with Gasteiger partial charge in [0.25, 0.3) is 0 Å². The summed E-state index contributed by atoms with van der Waals surface area (Å²) in [6.07, 6.45) is 1.91. The van der Waals surface area contributed by atoms with Crippen molar-refractivity contribution in [3.63, 3.8) is 0 Å². The predicted molar refractivity (Wildman–Crippen MR) is 97.1 cm³/mol. The highest BCUT2D eigenvalue weighted by Crippen LogP contribution is 2.28.